The van der Waals surface area contributed by atoms with Gasteiger partial charge in [0, 0.05) is 26.2 Å². The molecule has 0 N–H and O–H groups in total. The van der Waals surface area contributed by atoms with E-state index < -0.39 is 0 Å². The maximum Gasteiger partial charge on any atom is 0.271 e. The average Bonchev–Trinajstić information content (AvgIpc) is 3.34. The van der Waals surface area contributed by atoms with E-state index in [9.17, 15) is 0 Å². The molecular formula is C26H26N4OS. The van der Waals surface area contributed by atoms with Crippen molar-refractivity contribution < 1.29 is 4.74 Å². The maximum absolute atomic E-state index is 6.01. The summed E-state index contributed by atoms with van der Waals surface area (Å²) in [6.07, 6.45) is 0. The molecule has 162 valence electrons. The zero-order valence-electron chi connectivity index (χ0n) is 17.9. The summed E-state index contributed by atoms with van der Waals surface area (Å²) in [6.45, 7) is 4.18. The van der Waals surface area contributed by atoms with Gasteiger partial charge < -0.3 is 9.64 Å². The van der Waals surface area contributed by atoms with E-state index in [0.29, 0.717) is 12.5 Å². The Morgan fingerprint density at radius 1 is 0.719 bits per heavy atom. The summed E-state index contributed by atoms with van der Waals surface area (Å²) >= 11 is 1.22. The molecule has 3 aromatic carbocycles. The van der Waals surface area contributed by atoms with E-state index >= 15 is 0 Å². The van der Waals surface area contributed by atoms with Crippen LogP contribution in [0.4, 0.5) is 5.82 Å². The number of nitrogens with zero attached hydrogens (tertiary/aromatic N) is 4. The molecule has 0 saturated carbocycles. The van der Waals surface area contributed by atoms with Crippen LogP contribution in [0.5, 0.6) is 5.88 Å². The Balaban J connectivity index is 1.28. The fraction of sp³-hybridized carbons (Fsp3) is 0.231. The number of benzene rings is 3. The van der Waals surface area contributed by atoms with Crippen LogP contribution in [0.25, 0.3) is 0 Å². The van der Waals surface area contributed by atoms with Crippen molar-refractivity contribution in [2.45, 2.75) is 12.6 Å². The van der Waals surface area contributed by atoms with Gasteiger partial charge in [0.15, 0.2) is 0 Å². The van der Waals surface area contributed by atoms with Gasteiger partial charge in [0.25, 0.3) is 5.88 Å². The Kier molecular flexibility index (Phi) is 6.42. The molecule has 4 aromatic rings. The van der Waals surface area contributed by atoms with Crippen molar-refractivity contribution in [3.8, 4) is 5.88 Å². The molecular weight excluding hydrogens is 416 g/mol. The lowest BCUT2D eigenvalue weighted by Gasteiger charge is -2.39. The lowest BCUT2D eigenvalue weighted by Crippen LogP contribution is -2.48. The number of ether oxygens (including phenoxy) is 1. The van der Waals surface area contributed by atoms with E-state index in [0.717, 1.165) is 37.6 Å². The van der Waals surface area contributed by atoms with Gasteiger partial charge in [-0.2, -0.15) is 4.37 Å². The van der Waals surface area contributed by atoms with Crippen LogP contribution in [0.2, 0.25) is 0 Å². The maximum atomic E-state index is 6.01. The molecule has 0 spiro atoms. The predicted molar refractivity (Wildman–Crippen MR) is 129 cm³/mol. The topological polar surface area (TPSA) is 41.5 Å². The van der Waals surface area contributed by atoms with Gasteiger partial charge in [0.2, 0.25) is 5.82 Å². The highest BCUT2D eigenvalue weighted by atomic mass is 32.1. The Hall–Kier alpha value is -3.22. The molecule has 1 saturated heterocycles. The van der Waals surface area contributed by atoms with Gasteiger partial charge in [-0.25, -0.2) is 0 Å². The van der Waals surface area contributed by atoms with Gasteiger partial charge >= 0.3 is 0 Å². The summed E-state index contributed by atoms with van der Waals surface area (Å²) in [5, 5.41) is 0. The van der Waals surface area contributed by atoms with Crippen molar-refractivity contribution >= 4 is 17.5 Å². The van der Waals surface area contributed by atoms with Crippen molar-refractivity contribution in [1.29, 1.82) is 0 Å². The Morgan fingerprint density at radius 2 is 1.28 bits per heavy atom. The fourth-order valence-corrected chi connectivity index (χ4v) is 4.78. The quantitative estimate of drug-likeness (QED) is 0.402. The molecule has 1 aliphatic rings. The molecule has 32 heavy (non-hydrogen) atoms. The molecule has 0 bridgehead atoms. The van der Waals surface area contributed by atoms with Crippen LogP contribution < -0.4 is 9.64 Å². The van der Waals surface area contributed by atoms with Crippen LogP contribution in [0, 0.1) is 0 Å². The molecule has 0 unspecified atom stereocenters. The lowest BCUT2D eigenvalue weighted by atomic mass is 9.96. The smallest absolute Gasteiger partial charge is 0.271 e. The lowest BCUT2D eigenvalue weighted by molar-refractivity contribution is 0.211. The van der Waals surface area contributed by atoms with Gasteiger partial charge in [-0.1, -0.05) is 91.0 Å². The number of rotatable bonds is 7. The zero-order valence-corrected chi connectivity index (χ0v) is 18.7. The van der Waals surface area contributed by atoms with Crippen molar-refractivity contribution in [2.24, 2.45) is 0 Å². The monoisotopic (exact) mass is 442 g/mol. The van der Waals surface area contributed by atoms with E-state index in [1.54, 1.807) is 0 Å². The first-order valence-corrected chi connectivity index (χ1v) is 11.7. The minimum absolute atomic E-state index is 0.252. The molecule has 1 aliphatic heterocycles. The normalized spacial score (nSPS) is 14.6. The van der Waals surface area contributed by atoms with Crippen LogP contribution >= 0.6 is 11.7 Å². The highest BCUT2D eigenvalue weighted by molar-refractivity contribution is 6.99. The second-order valence-electron chi connectivity index (χ2n) is 7.91. The fourth-order valence-electron chi connectivity index (χ4n) is 4.26. The first-order valence-electron chi connectivity index (χ1n) is 11.0. The van der Waals surface area contributed by atoms with Gasteiger partial charge in [-0.3, -0.25) is 4.90 Å². The Labute approximate surface area is 193 Å². The molecule has 0 radical (unpaired) electrons. The largest absolute Gasteiger partial charge is 0.470 e. The third-order valence-corrected chi connectivity index (χ3v) is 6.37. The van der Waals surface area contributed by atoms with Crippen molar-refractivity contribution in [2.75, 3.05) is 31.1 Å². The standard InChI is InChI=1S/C26H26N4OS/c1-4-10-21(11-5-1)20-31-26-25(27-32-28-26)30-18-16-29(17-19-30)24(22-12-6-2-7-13-22)23-14-8-3-9-15-23/h1-15,24H,16-20H2. The van der Waals surface area contributed by atoms with Crippen LogP contribution in [-0.2, 0) is 6.61 Å². The van der Waals surface area contributed by atoms with Crippen molar-refractivity contribution in [3.63, 3.8) is 0 Å². The van der Waals surface area contributed by atoms with E-state index in [1.165, 1.54) is 22.9 Å². The van der Waals surface area contributed by atoms with Crippen LogP contribution in [0.3, 0.4) is 0 Å². The van der Waals surface area contributed by atoms with Crippen molar-refractivity contribution in [3.05, 3.63) is 108 Å². The van der Waals surface area contributed by atoms with Crippen molar-refractivity contribution in [1.82, 2.24) is 13.6 Å². The minimum atomic E-state index is 0.252. The third kappa shape index (κ3) is 4.66. The summed E-state index contributed by atoms with van der Waals surface area (Å²) in [6, 6.07) is 32.0. The molecule has 1 fully saturated rings. The molecule has 0 aliphatic carbocycles. The molecule has 1 aromatic heterocycles. The van der Waals surface area contributed by atoms with Gasteiger partial charge in [-0.15, -0.1) is 4.37 Å². The summed E-state index contributed by atoms with van der Waals surface area (Å²) in [4.78, 5) is 4.86. The number of anilines is 1. The van der Waals surface area contributed by atoms with E-state index in [4.69, 9.17) is 4.74 Å². The third-order valence-electron chi connectivity index (χ3n) is 5.87. The highest BCUT2D eigenvalue weighted by Gasteiger charge is 2.28. The van der Waals surface area contributed by atoms with E-state index in [2.05, 4.69) is 91.3 Å². The molecule has 6 heteroatoms. The van der Waals surface area contributed by atoms with Crippen LogP contribution in [0.1, 0.15) is 22.7 Å². The van der Waals surface area contributed by atoms with Gasteiger partial charge in [-0.05, 0) is 16.7 Å². The number of hydrogen-bond donors (Lipinski definition) is 0. The Morgan fingerprint density at radius 3 is 1.88 bits per heavy atom. The zero-order chi connectivity index (χ0) is 21.6. The second-order valence-corrected chi connectivity index (χ2v) is 8.44. The second kappa shape index (κ2) is 9.94. The highest BCUT2D eigenvalue weighted by Crippen LogP contribution is 2.32. The van der Waals surface area contributed by atoms with Crippen LogP contribution in [0.15, 0.2) is 91.0 Å². The summed E-state index contributed by atoms with van der Waals surface area (Å²) < 4.78 is 15.0. The van der Waals surface area contributed by atoms with Crippen LogP contribution in [-0.4, -0.2) is 39.8 Å². The molecule has 0 amide bonds. The van der Waals surface area contributed by atoms with E-state index in [-0.39, 0.29) is 6.04 Å². The number of aromatic nitrogens is 2. The molecule has 0 atom stereocenters. The summed E-state index contributed by atoms with van der Waals surface area (Å²) in [5.41, 5.74) is 3.79. The summed E-state index contributed by atoms with van der Waals surface area (Å²) in [5.74, 6) is 1.50. The predicted octanol–water partition coefficient (Wildman–Crippen LogP) is 5.03. The number of hydrogen-bond acceptors (Lipinski definition) is 6. The first kappa shape index (κ1) is 20.7. The van der Waals surface area contributed by atoms with E-state index in [1.807, 2.05) is 18.2 Å². The average molecular weight is 443 g/mol. The van der Waals surface area contributed by atoms with Gasteiger partial charge in [0.1, 0.15) is 6.61 Å². The number of piperazine rings is 1. The Bertz CT molecular complexity index is 1060. The molecule has 5 rings (SSSR count). The minimum Gasteiger partial charge on any atom is -0.470 e. The summed E-state index contributed by atoms with van der Waals surface area (Å²) in [7, 11) is 0. The SMILES string of the molecule is c1ccc(COc2nsnc2N2CCN(C(c3ccccc3)c3ccccc3)CC2)cc1. The first-order chi connectivity index (χ1) is 15.9. The molecule has 2 heterocycles. The molecule has 5 nitrogen and oxygen atoms in total. The van der Waals surface area contributed by atoms with Gasteiger partial charge in [0.05, 0.1) is 17.8 Å².